The molecule has 2 atom stereocenters. The first-order valence-electron chi connectivity index (χ1n) is 17.5. The minimum Gasteiger partial charge on any atom is -0.383 e. The summed E-state index contributed by atoms with van der Waals surface area (Å²) in [5, 5.41) is 14.4. The van der Waals surface area contributed by atoms with E-state index in [9.17, 15) is 0 Å². The van der Waals surface area contributed by atoms with Crippen LogP contribution in [0.15, 0.2) is 97.1 Å². The Morgan fingerprint density at radius 2 is 0.711 bits per heavy atom. The van der Waals surface area contributed by atoms with Crippen molar-refractivity contribution < 1.29 is 0 Å². The lowest BCUT2D eigenvalue weighted by Gasteiger charge is -2.16. The fourth-order valence-electron chi connectivity index (χ4n) is 5.75. The first-order valence-corrected chi connectivity index (χ1v) is 17.5. The van der Waals surface area contributed by atoms with Crippen molar-refractivity contribution in [1.29, 1.82) is 0 Å². The van der Waals surface area contributed by atoms with E-state index >= 15 is 0 Å². The first kappa shape index (κ1) is 34.0. The molecule has 0 heterocycles. The molecule has 4 rings (SSSR count). The van der Waals surface area contributed by atoms with Gasteiger partial charge in [-0.2, -0.15) is 0 Å². The van der Waals surface area contributed by atoms with Crippen LogP contribution in [0.3, 0.4) is 0 Å². The van der Waals surface area contributed by atoms with E-state index in [0.29, 0.717) is 12.1 Å². The highest BCUT2D eigenvalue weighted by atomic mass is 14.9. The summed E-state index contributed by atoms with van der Waals surface area (Å²) >= 11 is 0. The number of hydrogen-bond donors (Lipinski definition) is 4. The predicted octanol–water partition coefficient (Wildman–Crippen LogP) is 12.3. The highest BCUT2D eigenvalue weighted by Crippen LogP contribution is 2.24. The third kappa shape index (κ3) is 12.5. The topological polar surface area (TPSA) is 48.1 Å². The van der Waals surface area contributed by atoms with Gasteiger partial charge in [0, 0.05) is 46.2 Å². The van der Waals surface area contributed by atoms with E-state index in [2.05, 4.69) is 146 Å². The highest BCUT2D eigenvalue weighted by molar-refractivity contribution is 5.64. The molecule has 0 aliphatic heterocycles. The van der Waals surface area contributed by atoms with Gasteiger partial charge in [0.2, 0.25) is 0 Å². The van der Waals surface area contributed by atoms with Crippen LogP contribution in [0.2, 0.25) is 0 Å². The van der Waals surface area contributed by atoms with Crippen molar-refractivity contribution in [1.82, 2.24) is 0 Å². The molecule has 0 saturated carbocycles. The average molecular weight is 605 g/mol. The van der Waals surface area contributed by atoms with Gasteiger partial charge in [0.1, 0.15) is 0 Å². The van der Waals surface area contributed by atoms with Crippen molar-refractivity contribution in [3.63, 3.8) is 0 Å². The van der Waals surface area contributed by atoms with E-state index in [4.69, 9.17) is 0 Å². The van der Waals surface area contributed by atoms with E-state index in [1.807, 2.05) is 0 Å². The van der Waals surface area contributed by atoms with Gasteiger partial charge >= 0.3 is 0 Å². The minimum absolute atomic E-state index is 0.499. The molecule has 0 amide bonds. The molecule has 0 spiro atoms. The van der Waals surface area contributed by atoms with E-state index < -0.39 is 0 Å². The van der Waals surface area contributed by atoms with E-state index in [1.165, 1.54) is 86.7 Å². The quantitative estimate of drug-likeness (QED) is 0.0758. The van der Waals surface area contributed by atoms with Crippen molar-refractivity contribution in [3.8, 4) is 0 Å². The molecule has 4 N–H and O–H groups in total. The van der Waals surface area contributed by atoms with Crippen LogP contribution < -0.4 is 21.3 Å². The summed E-state index contributed by atoms with van der Waals surface area (Å²) in [6.45, 7) is 9.08. The molecule has 0 aromatic heterocycles. The molecule has 0 aliphatic carbocycles. The fraction of sp³-hybridized carbons (Fsp3) is 0.415. The summed E-state index contributed by atoms with van der Waals surface area (Å²) in [6, 6.07) is 35.8. The van der Waals surface area contributed by atoms with Crippen LogP contribution >= 0.6 is 0 Å². The second-order valence-corrected chi connectivity index (χ2v) is 12.8. The van der Waals surface area contributed by atoms with Crippen LogP contribution in [-0.4, -0.2) is 12.1 Å². The molecular formula is C41H56N4. The Morgan fingerprint density at radius 3 is 1.04 bits per heavy atom. The monoisotopic (exact) mass is 604 g/mol. The van der Waals surface area contributed by atoms with Crippen molar-refractivity contribution in [2.24, 2.45) is 0 Å². The van der Waals surface area contributed by atoms with Gasteiger partial charge in [-0.1, -0.05) is 89.5 Å². The normalized spacial score (nSPS) is 12.4. The molecule has 2 unspecified atom stereocenters. The summed E-state index contributed by atoms with van der Waals surface area (Å²) in [5.74, 6) is 0. The van der Waals surface area contributed by atoms with E-state index in [1.54, 1.807) is 0 Å². The van der Waals surface area contributed by atoms with Crippen molar-refractivity contribution >= 4 is 34.1 Å². The lowest BCUT2D eigenvalue weighted by Crippen LogP contribution is -2.14. The Morgan fingerprint density at radius 1 is 0.400 bits per heavy atom. The van der Waals surface area contributed by atoms with Gasteiger partial charge in [0.25, 0.3) is 0 Å². The van der Waals surface area contributed by atoms with E-state index in [0.717, 1.165) is 29.2 Å². The molecule has 240 valence electrons. The number of rotatable bonds is 20. The summed E-state index contributed by atoms with van der Waals surface area (Å²) < 4.78 is 0. The molecule has 0 radical (unpaired) electrons. The zero-order chi connectivity index (χ0) is 31.7. The second-order valence-electron chi connectivity index (χ2n) is 12.8. The van der Waals surface area contributed by atoms with Gasteiger partial charge < -0.3 is 21.3 Å². The largest absolute Gasteiger partial charge is 0.383 e. The Hall–Kier alpha value is -3.92. The molecule has 0 aliphatic rings. The SMILES string of the molecule is CCCCCCC(C)Nc1ccc(Nc2ccc(Cc3ccc(Nc4ccc(NC(C)CCCCCC)cc4)cc3)cc2)cc1. The van der Waals surface area contributed by atoms with Gasteiger partial charge in [-0.05, 0) is 117 Å². The van der Waals surface area contributed by atoms with Crippen molar-refractivity contribution in [2.75, 3.05) is 21.3 Å². The first-order chi connectivity index (χ1) is 22.0. The summed E-state index contributed by atoms with van der Waals surface area (Å²) in [6.07, 6.45) is 13.9. The van der Waals surface area contributed by atoms with Crippen LogP contribution in [0.1, 0.15) is 103 Å². The smallest absolute Gasteiger partial charge is 0.0385 e. The predicted molar refractivity (Wildman–Crippen MR) is 199 cm³/mol. The van der Waals surface area contributed by atoms with Gasteiger partial charge in [0.05, 0.1) is 0 Å². The molecule has 4 aromatic rings. The third-order valence-electron chi connectivity index (χ3n) is 8.47. The van der Waals surface area contributed by atoms with Crippen LogP contribution in [0.5, 0.6) is 0 Å². The standard InChI is InChI=1S/C41H56N4/c1-5-7-9-11-13-32(3)42-36-23-27-40(28-24-36)44-38-19-15-34(16-20-38)31-35-17-21-39(22-18-35)45-41-29-25-37(26-30-41)43-33(4)14-12-10-8-6-2/h15-30,32-33,42-45H,5-14,31H2,1-4H3. The average Bonchev–Trinajstić information content (AvgIpc) is 3.05. The Labute approximate surface area is 273 Å². The molecule has 4 aromatic carbocycles. The lowest BCUT2D eigenvalue weighted by atomic mass is 10.0. The maximum atomic E-state index is 3.64. The van der Waals surface area contributed by atoms with E-state index in [-0.39, 0.29) is 0 Å². The van der Waals surface area contributed by atoms with Gasteiger partial charge in [-0.3, -0.25) is 0 Å². The number of unbranched alkanes of at least 4 members (excludes halogenated alkanes) is 6. The van der Waals surface area contributed by atoms with Crippen molar-refractivity contribution in [3.05, 3.63) is 108 Å². The second kappa shape index (κ2) is 18.8. The molecular weight excluding hydrogens is 548 g/mol. The van der Waals surface area contributed by atoms with Gasteiger partial charge in [-0.15, -0.1) is 0 Å². The molecule has 0 saturated heterocycles. The number of anilines is 6. The fourth-order valence-corrected chi connectivity index (χ4v) is 5.75. The third-order valence-corrected chi connectivity index (χ3v) is 8.47. The van der Waals surface area contributed by atoms with Crippen LogP contribution in [0.4, 0.5) is 34.1 Å². The maximum absolute atomic E-state index is 3.64. The number of hydrogen-bond acceptors (Lipinski definition) is 4. The van der Waals surface area contributed by atoms with Crippen LogP contribution in [0.25, 0.3) is 0 Å². The molecule has 4 nitrogen and oxygen atoms in total. The maximum Gasteiger partial charge on any atom is 0.0385 e. The lowest BCUT2D eigenvalue weighted by molar-refractivity contribution is 0.594. The highest BCUT2D eigenvalue weighted by Gasteiger charge is 2.05. The molecule has 0 bridgehead atoms. The van der Waals surface area contributed by atoms with Crippen LogP contribution in [0, 0.1) is 0 Å². The van der Waals surface area contributed by atoms with Gasteiger partial charge in [-0.25, -0.2) is 0 Å². The number of nitrogens with one attached hydrogen (secondary N) is 4. The summed E-state index contributed by atoms with van der Waals surface area (Å²) in [7, 11) is 0. The van der Waals surface area contributed by atoms with Crippen LogP contribution in [-0.2, 0) is 6.42 Å². The zero-order valence-corrected chi connectivity index (χ0v) is 28.2. The van der Waals surface area contributed by atoms with Gasteiger partial charge in [0.15, 0.2) is 0 Å². The molecule has 45 heavy (non-hydrogen) atoms. The zero-order valence-electron chi connectivity index (χ0n) is 28.2. The minimum atomic E-state index is 0.499. The molecule has 4 heteroatoms. The Bertz CT molecular complexity index is 1240. The van der Waals surface area contributed by atoms with Crippen molar-refractivity contribution in [2.45, 2.75) is 110 Å². The number of benzene rings is 4. The summed E-state index contributed by atoms with van der Waals surface area (Å²) in [4.78, 5) is 0. The Kier molecular flexibility index (Phi) is 14.2. The summed E-state index contributed by atoms with van der Waals surface area (Å²) in [5.41, 5.74) is 9.38. The molecule has 0 fully saturated rings. The Balaban J connectivity index is 1.19.